The van der Waals surface area contributed by atoms with Gasteiger partial charge in [0.05, 0.1) is 32.6 Å². The highest BCUT2D eigenvalue weighted by Crippen LogP contribution is 2.11. The molecule has 0 spiro atoms. The molecule has 1 fully saturated rings. The van der Waals surface area contributed by atoms with Gasteiger partial charge in [-0.2, -0.15) is 0 Å². The second-order valence-electron chi connectivity index (χ2n) is 5.05. The molecule has 0 aromatic carbocycles. The fraction of sp³-hybridized carbons (Fsp3) is 0.615. The number of ether oxygens (including phenoxy) is 1. The summed E-state index contributed by atoms with van der Waals surface area (Å²) in [6.07, 6.45) is 4.28. The summed E-state index contributed by atoms with van der Waals surface area (Å²) < 4.78 is 5.37. The van der Waals surface area contributed by atoms with Crippen molar-refractivity contribution in [2.75, 3.05) is 46.0 Å². The van der Waals surface area contributed by atoms with Crippen molar-refractivity contribution >= 4 is 5.91 Å². The first kappa shape index (κ1) is 15.8. The number of carbonyl (C=O) groups is 1. The molecule has 1 aromatic rings. The number of nitrogens with one attached hydrogen (secondary N) is 1. The lowest BCUT2D eigenvalue weighted by Crippen LogP contribution is -2.52. The Hall–Kier alpha value is -1.61. The van der Waals surface area contributed by atoms with E-state index in [4.69, 9.17) is 9.84 Å². The summed E-state index contributed by atoms with van der Waals surface area (Å²) in [7, 11) is 0. The van der Waals surface area contributed by atoms with E-state index in [2.05, 4.69) is 15.3 Å². The van der Waals surface area contributed by atoms with E-state index in [1.807, 2.05) is 4.90 Å². The minimum absolute atomic E-state index is 0.0159. The topological polar surface area (TPSA) is 108 Å². The van der Waals surface area contributed by atoms with Gasteiger partial charge in [0.15, 0.2) is 0 Å². The predicted octanol–water partition coefficient (Wildman–Crippen LogP) is -1.74. The average Bonchev–Trinajstić information content (AvgIpc) is 2.68. The fourth-order valence-corrected chi connectivity index (χ4v) is 2.19. The summed E-state index contributed by atoms with van der Waals surface area (Å²) in [6, 6.07) is 0. The first-order valence-electron chi connectivity index (χ1n) is 6.80. The molecule has 2 rings (SSSR count). The van der Waals surface area contributed by atoms with Crippen LogP contribution in [0.5, 0.6) is 0 Å². The zero-order valence-electron chi connectivity index (χ0n) is 11.7. The molecule has 0 aliphatic carbocycles. The van der Waals surface area contributed by atoms with E-state index in [1.54, 1.807) is 0 Å². The molecule has 8 nitrogen and oxygen atoms in total. The molecule has 1 atom stereocenters. The Bertz CT molecular complexity index is 459. The zero-order valence-corrected chi connectivity index (χ0v) is 11.7. The summed E-state index contributed by atoms with van der Waals surface area (Å²) >= 11 is 0. The molecule has 2 heterocycles. The minimum Gasteiger partial charge on any atom is -0.395 e. The van der Waals surface area contributed by atoms with Gasteiger partial charge >= 0.3 is 0 Å². The van der Waals surface area contributed by atoms with Crippen LogP contribution in [-0.4, -0.2) is 82.6 Å². The number of hydrogen-bond donors (Lipinski definition) is 3. The van der Waals surface area contributed by atoms with Crippen LogP contribution in [0.3, 0.4) is 0 Å². The molecule has 1 amide bonds. The number of carbonyl (C=O) groups excluding carboxylic acids is 1. The minimum atomic E-state index is -1.19. The van der Waals surface area contributed by atoms with Crippen molar-refractivity contribution in [3.63, 3.8) is 0 Å². The lowest BCUT2D eigenvalue weighted by Gasteiger charge is -2.30. The van der Waals surface area contributed by atoms with E-state index in [0.717, 1.165) is 0 Å². The Morgan fingerprint density at radius 3 is 3.10 bits per heavy atom. The third-order valence-corrected chi connectivity index (χ3v) is 3.23. The molecular weight excluding hydrogens is 276 g/mol. The van der Waals surface area contributed by atoms with Crippen LogP contribution in [0.25, 0.3) is 0 Å². The van der Waals surface area contributed by atoms with E-state index >= 15 is 0 Å². The van der Waals surface area contributed by atoms with Gasteiger partial charge in [0.2, 0.25) is 0 Å². The largest absolute Gasteiger partial charge is 0.395 e. The Labute approximate surface area is 122 Å². The maximum absolute atomic E-state index is 11.9. The first-order chi connectivity index (χ1) is 10.1. The molecule has 0 saturated carbocycles. The number of aromatic nitrogens is 2. The first-order valence-corrected chi connectivity index (χ1v) is 6.80. The van der Waals surface area contributed by atoms with Crippen LogP contribution in [0.15, 0.2) is 18.6 Å². The zero-order chi connectivity index (χ0) is 15.1. The van der Waals surface area contributed by atoms with Gasteiger partial charge in [0, 0.05) is 32.0 Å². The molecule has 21 heavy (non-hydrogen) atoms. The van der Waals surface area contributed by atoms with E-state index in [1.165, 1.54) is 18.6 Å². The fourth-order valence-electron chi connectivity index (χ4n) is 2.19. The number of β-amino-alcohol motifs (C(OH)–C–C–N with tert-alkyl or cyclic N) is 2. The highest BCUT2D eigenvalue weighted by atomic mass is 16.5. The smallest absolute Gasteiger partial charge is 0.271 e. The molecule has 1 aromatic heterocycles. The second-order valence-corrected chi connectivity index (χ2v) is 5.05. The lowest BCUT2D eigenvalue weighted by atomic mass is 10.1. The molecular formula is C13H20N4O4. The summed E-state index contributed by atoms with van der Waals surface area (Å²) in [5, 5.41) is 22.2. The van der Waals surface area contributed by atoms with E-state index < -0.39 is 11.5 Å². The molecule has 0 radical (unpaired) electrons. The van der Waals surface area contributed by atoms with Crippen molar-refractivity contribution in [2.45, 2.75) is 5.60 Å². The molecule has 116 valence electrons. The normalized spacial score (nSPS) is 23.5. The van der Waals surface area contributed by atoms with Crippen molar-refractivity contribution < 1.29 is 19.7 Å². The number of amides is 1. The van der Waals surface area contributed by atoms with Gasteiger partial charge in [0.1, 0.15) is 11.3 Å². The van der Waals surface area contributed by atoms with Crippen LogP contribution in [0.2, 0.25) is 0 Å². The number of aliphatic hydroxyl groups excluding tert-OH is 1. The van der Waals surface area contributed by atoms with Gasteiger partial charge in [-0.25, -0.2) is 4.98 Å². The van der Waals surface area contributed by atoms with Crippen LogP contribution in [0, 0.1) is 0 Å². The third-order valence-electron chi connectivity index (χ3n) is 3.23. The Morgan fingerprint density at radius 2 is 2.38 bits per heavy atom. The molecule has 1 aliphatic rings. The number of rotatable bonds is 5. The number of aliphatic hydroxyl groups is 2. The van der Waals surface area contributed by atoms with Crippen LogP contribution >= 0.6 is 0 Å². The van der Waals surface area contributed by atoms with Gasteiger partial charge in [-0.05, 0) is 0 Å². The van der Waals surface area contributed by atoms with Crippen LogP contribution in [0.1, 0.15) is 10.5 Å². The monoisotopic (exact) mass is 296 g/mol. The van der Waals surface area contributed by atoms with Crippen LogP contribution in [0.4, 0.5) is 0 Å². The van der Waals surface area contributed by atoms with E-state index in [0.29, 0.717) is 26.2 Å². The Kier molecular flexibility index (Phi) is 5.57. The second kappa shape index (κ2) is 7.41. The highest BCUT2D eigenvalue weighted by Gasteiger charge is 2.32. The van der Waals surface area contributed by atoms with Crippen molar-refractivity contribution in [1.82, 2.24) is 20.2 Å². The lowest BCUT2D eigenvalue weighted by molar-refractivity contribution is -0.0347. The van der Waals surface area contributed by atoms with Gasteiger partial charge in [0.25, 0.3) is 5.91 Å². The maximum Gasteiger partial charge on any atom is 0.271 e. The molecule has 3 N–H and O–H groups in total. The van der Waals surface area contributed by atoms with Gasteiger partial charge in [-0.1, -0.05) is 0 Å². The van der Waals surface area contributed by atoms with Crippen molar-refractivity contribution in [1.29, 1.82) is 0 Å². The standard InChI is InChI=1S/C13H20N4O4/c18-5-3-17-4-6-21-10-13(20,9-17)8-16-12(19)11-7-14-1-2-15-11/h1-2,7,18,20H,3-6,8-10H2,(H,16,19). The Balaban J connectivity index is 1.92. The summed E-state index contributed by atoms with van der Waals surface area (Å²) in [5.41, 5.74) is -0.994. The van der Waals surface area contributed by atoms with Crippen molar-refractivity contribution in [3.8, 4) is 0 Å². The molecule has 1 saturated heterocycles. The predicted molar refractivity (Wildman–Crippen MR) is 73.7 cm³/mol. The molecule has 1 unspecified atom stereocenters. The van der Waals surface area contributed by atoms with Crippen molar-refractivity contribution in [3.05, 3.63) is 24.3 Å². The van der Waals surface area contributed by atoms with Gasteiger partial charge in [-0.3, -0.25) is 14.7 Å². The van der Waals surface area contributed by atoms with Gasteiger partial charge in [-0.15, -0.1) is 0 Å². The average molecular weight is 296 g/mol. The third kappa shape index (κ3) is 4.71. The van der Waals surface area contributed by atoms with Crippen molar-refractivity contribution in [2.24, 2.45) is 0 Å². The summed E-state index contributed by atoms with van der Waals surface area (Å²) in [4.78, 5) is 21.5. The van der Waals surface area contributed by atoms with Gasteiger partial charge < -0.3 is 20.3 Å². The quantitative estimate of drug-likeness (QED) is 0.592. The van der Waals surface area contributed by atoms with Crippen LogP contribution in [-0.2, 0) is 4.74 Å². The van der Waals surface area contributed by atoms with E-state index in [9.17, 15) is 9.90 Å². The molecule has 1 aliphatic heterocycles. The molecule has 8 heteroatoms. The number of nitrogens with zero attached hydrogens (tertiary/aromatic N) is 3. The van der Waals surface area contributed by atoms with E-state index in [-0.39, 0.29) is 25.5 Å². The SMILES string of the molecule is O=C(NCC1(O)COCCN(CCO)C1)c1cnccn1. The number of hydrogen-bond acceptors (Lipinski definition) is 7. The molecule has 0 bridgehead atoms. The highest BCUT2D eigenvalue weighted by molar-refractivity contribution is 5.91. The maximum atomic E-state index is 11.9. The van der Waals surface area contributed by atoms with Crippen LogP contribution < -0.4 is 5.32 Å². The Morgan fingerprint density at radius 1 is 1.52 bits per heavy atom. The summed E-state index contributed by atoms with van der Waals surface area (Å²) in [5.74, 6) is -0.394. The summed E-state index contributed by atoms with van der Waals surface area (Å²) in [6.45, 7) is 2.11.